The largest absolute Gasteiger partial charge is 0.301 e. The summed E-state index contributed by atoms with van der Waals surface area (Å²) in [4.78, 5) is 17.6. The highest BCUT2D eigenvalue weighted by molar-refractivity contribution is 5.77. The lowest BCUT2D eigenvalue weighted by molar-refractivity contribution is -0.118. The molecule has 0 N–H and O–H groups in total. The van der Waals surface area contributed by atoms with Crippen LogP contribution in [0.4, 0.5) is 0 Å². The maximum Gasteiger partial charge on any atom is 0.132 e. The van der Waals surface area contributed by atoms with Gasteiger partial charge in [-0.1, -0.05) is 13.0 Å². The van der Waals surface area contributed by atoms with Crippen molar-refractivity contribution in [3.05, 3.63) is 30.1 Å². The monoisotopic (exact) mass is 220 g/mol. The van der Waals surface area contributed by atoms with E-state index in [4.69, 9.17) is 0 Å². The van der Waals surface area contributed by atoms with E-state index < -0.39 is 0 Å². The van der Waals surface area contributed by atoms with Crippen molar-refractivity contribution in [1.82, 2.24) is 9.88 Å². The molecule has 0 aliphatic rings. The number of nitrogens with zero attached hydrogens (tertiary/aromatic N) is 2. The standard InChI is InChI=1S/C13H20N2O/c1-3-13(16)8-6-10-15(2)11-12-7-4-5-9-14-12/h4-5,7,9H,3,6,8,10-11H2,1-2H3. The van der Waals surface area contributed by atoms with Crippen molar-refractivity contribution in [2.45, 2.75) is 32.7 Å². The van der Waals surface area contributed by atoms with Gasteiger partial charge in [0.2, 0.25) is 0 Å². The Balaban J connectivity index is 2.21. The average molecular weight is 220 g/mol. The maximum absolute atomic E-state index is 11.1. The highest BCUT2D eigenvalue weighted by Gasteiger charge is 2.02. The number of hydrogen-bond donors (Lipinski definition) is 0. The fourth-order valence-electron chi connectivity index (χ4n) is 1.57. The maximum atomic E-state index is 11.1. The molecular weight excluding hydrogens is 200 g/mol. The molecule has 0 radical (unpaired) electrons. The van der Waals surface area contributed by atoms with Crippen LogP contribution in [0.15, 0.2) is 24.4 Å². The number of pyridine rings is 1. The van der Waals surface area contributed by atoms with E-state index in [1.165, 1.54) is 0 Å². The summed E-state index contributed by atoms with van der Waals surface area (Å²) in [7, 11) is 2.06. The van der Waals surface area contributed by atoms with Crippen LogP contribution < -0.4 is 0 Å². The van der Waals surface area contributed by atoms with Gasteiger partial charge in [0.15, 0.2) is 0 Å². The third kappa shape index (κ3) is 5.03. The molecule has 0 unspecified atom stereocenters. The van der Waals surface area contributed by atoms with E-state index in [1.54, 1.807) is 0 Å². The highest BCUT2D eigenvalue weighted by Crippen LogP contribution is 2.01. The van der Waals surface area contributed by atoms with Gasteiger partial charge >= 0.3 is 0 Å². The van der Waals surface area contributed by atoms with Crippen molar-refractivity contribution in [3.8, 4) is 0 Å². The zero-order valence-corrected chi connectivity index (χ0v) is 10.1. The molecular formula is C13H20N2O. The second-order valence-electron chi connectivity index (χ2n) is 4.05. The summed E-state index contributed by atoms with van der Waals surface area (Å²) >= 11 is 0. The van der Waals surface area contributed by atoms with E-state index in [9.17, 15) is 4.79 Å². The molecule has 3 nitrogen and oxygen atoms in total. The van der Waals surface area contributed by atoms with Crippen molar-refractivity contribution in [2.75, 3.05) is 13.6 Å². The minimum absolute atomic E-state index is 0.353. The van der Waals surface area contributed by atoms with Gasteiger partial charge in [-0.05, 0) is 32.1 Å². The summed E-state index contributed by atoms with van der Waals surface area (Å²) in [5.41, 5.74) is 1.08. The molecule has 1 rings (SSSR count). The first-order chi connectivity index (χ1) is 7.72. The van der Waals surface area contributed by atoms with Crippen LogP contribution in [0.5, 0.6) is 0 Å². The molecule has 1 heterocycles. The van der Waals surface area contributed by atoms with Gasteiger partial charge in [-0.3, -0.25) is 9.78 Å². The van der Waals surface area contributed by atoms with Gasteiger partial charge in [-0.2, -0.15) is 0 Å². The Morgan fingerprint density at radius 1 is 1.44 bits per heavy atom. The topological polar surface area (TPSA) is 33.2 Å². The van der Waals surface area contributed by atoms with Crippen molar-refractivity contribution < 1.29 is 4.79 Å². The highest BCUT2D eigenvalue weighted by atomic mass is 16.1. The van der Waals surface area contributed by atoms with Crippen molar-refractivity contribution in [3.63, 3.8) is 0 Å². The summed E-state index contributed by atoms with van der Waals surface area (Å²) in [6.45, 7) is 3.71. The first kappa shape index (κ1) is 12.8. The Hall–Kier alpha value is -1.22. The van der Waals surface area contributed by atoms with Gasteiger partial charge in [-0.15, -0.1) is 0 Å². The molecule has 0 aliphatic heterocycles. The van der Waals surface area contributed by atoms with Crippen LogP contribution >= 0.6 is 0 Å². The Bertz CT molecular complexity index is 311. The van der Waals surface area contributed by atoms with Crippen LogP contribution in [0.2, 0.25) is 0 Å². The number of aromatic nitrogens is 1. The molecule has 1 aromatic rings. The molecule has 0 atom stereocenters. The Kier molecular flexibility index (Phi) is 5.72. The van der Waals surface area contributed by atoms with Crippen LogP contribution in [0, 0.1) is 0 Å². The lowest BCUT2D eigenvalue weighted by atomic mass is 10.2. The van der Waals surface area contributed by atoms with Gasteiger partial charge in [-0.25, -0.2) is 0 Å². The predicted octanol–water partition coefficient (Wildman–Crippen LogP) is 2.27. The molecule has 1 aromatic heterocycles. The van der Waals surface area contributed by atoms with Gasteiger partial charge in [0.25, 0.3) is 0 Å². The summed E-state index contributed by atoms with van der Waals surface area (Å²) in [5, 5.41) is 0. The summed E-state index contributed by atoms with van der Waals surface area (Å²) in [5.74, 6) is 0.353. The van der Waals surface area contributed by atoms with E-state index in [0.717, 1.165) is 25.2 Å². The normalized spacial score (nSPS) is 10.7. The minimum atomic E-state index is 0.353. The quantitative estimate of drug-likeness (QED) is 0.706. The Morgan fingerprint density at radius 2 is 2.25 bits per heavy atom. The molecule has 0 fully saturated rings. The Labute approximate surface area is 97.5 Å². The fourth-order valence-corrected chi connectivity index (χ4v) is 1.57. The summed E-state index contributed by atoms with van der Waals surface area (Å²) in [6, 6.07) is 5.94. The third-order valence-electron chi connectivity index (χ3n) is 2.55. The van der Waals surface area contributed by atoms with E-state index in [2.05, 4.69) is 16.9 Å². The number of ketones is 1. The molecule has 88 valence electrons. The SMILES string of the molecule is CCC(=O)CCCN(C)Cc1ccccn1. The first-order valence-electron chi connectivity index (χ1n) is 5.82. The molecule has 0 saturated carbocycles. The minimum Gasteiger partial charge on any atom is -0.301 e. The van der Waals surface area contributed by atoms with Gasteiger partial charge in [0.05, 0.1) is 5.69 Å². The smallest absolute Gasteiger partial charge is 0.132 e. The van der Waals surface area contributed by atoms with E-state index >= 15 is 0 Å². The van der Waals surface area contributed by atoms with Crippen LogP contribution in [0.1, 0.15) is 31.9 Å². The Morgan fingerprint density at radius 3 is 2.88 bits per heavy atom. The van der Waals surface area contributed by atoms with Crippen LogP contribution in [0.25, 0.3) is 0 Å². The van der Waals surface area contributed by atoms with Crippen molar-refractivity contribution in [1.29, 1.82) is 0 Å². The van der Waals surface area contributed by atoms with E-state index in [1.807, 2.05) is 31.3 Å². The summed E-state index contributed by atoms with van der Waals surface area (Å²) in [6.07, 6.45) is 4.10. The van der Waals surface area contributed by atoms with E-state index in [0.29, 0.717) is 18.6 Å². The van der Waals surface area contributed by atoms with Crippen molar-refractivity contribution >= 4 is 5.78 Å². The molecule has 3 heteroatoms. The first-order valence-corrected chi connectivity index (χ1v) is 5.82. The third-order valence-corrected chi connectivity index (χ3v) is 2.55. The number of carbonyl (C=O) groups is 1. The van der Waals surface area contributed by atoms with Crippen LogP contribution in [-0.4, -0.2) is 29.3 Å². The van der Waals surface area contributed by atoms with Gasteiger partial charge < -0.3 is 4.90 Å². The molecule has 0 amide bonds. The number of rotatable bonds is 7. The number of carbonyl (C=O) groups excluding carboxylic acids is 1. The van der Waals surface area contributed by atoms with Crippen molar-refractivity contribution in [2.24, 2.45) is 0 Å². The second kappa shape index (κ2) is 7.12. The zero-order chi connectivity index (χ0) is 11.8. The molecule has 0 spiro atoms. The zero-order valence-electron chi connectivity index (χ0n) is 10.1. The molecule has 16 heavy (non-hydrogen) atoms. The van der Waals surface area contributed by atoms with Crippen LogP contribution in [0.3, 0.4) is 0 Å². The van der Waals surface area contributed by atoms with Gasteiger partial charge in [0, 0.05) is 25.6 Å². The van der Waals surface area contributed by atoms with Crippen LogP contribution in [-0.2, 0) is 11.3 Å². The predicted molar refractivity (Wildman–Crippen MR) is 65.1 cm³/mol. The molecule has 0 aliphatic carbocycles. The lowest BCUT2D eigenvalue weighted by Gasteiger charge is -2.15. The second-order valence-corrected chi connectivity index (χ2v) is 4.05. The molecule has 0 aromatic carbocycles. The lowest BCUT2D eigenvalue weighted by Crippen LogP contribution is -2.20. The van der Waals surface area contributed by atoms with Gasteiger partial charge in [0.1, 0.15) is 5.78 Å². The number of hydrogen-bond acceptors (Lipinski definition) is 3. The molecule has 0 bridgehead atoms. The fraction of sp³-hybridized carbons (Fsp3) is 0.538. The average Bonchev–Trinajstić information content (AvgIpc) is 2.30. The molecule has 0 saturated heterocycles. The number of Topliss-reactive ketones (excluding diaryl/α,β-unsaturated/α-hetero) is 1. The van der Waals surface area contributed by atoms with E-state index in [-0.39, 0.29) is 0 Å². The summed E-state index contributed by atoms with van der Waals surface area (Å²) < 4.78 is 0.